The molecule has 6 aliphatic rings. The van der Waals surface area contributed by atoms with Gasteiger partial charge < -0.3 is 10.3 Å². The van der Waals surface area contributed by atoms with Gasteiger partial charge in [0.15, 0.2) is 0 Å². The van der Waals surface area contributed by atoms with Crippen molar-refractivity contribution in [3.8, 4) is 22.4 Å². The van der Waals surface area contributed by atoms with Gasteiger partial charge >= 0.3 is 11.8 Å². The number of rotatable bonds is 4. The van der Waals surface area contributed by atoms with Gasteiger partial charge in [-0.2, -0.15) is 17.6 Å². The van der Waals surface area contributed by atoms with Crippen LogP contribution in [0.2, 0.25) is 0 Å². The maximum atomic E-state index is 15.7. The van der Waals surface area contributed by atoms with Gasteiger partial charge in [0.1, 0.15) is 5.82 Å². The molecule has 1 saturated heterocycles. The summed E-state index contributed by atoms with van der Waals surface area (Å²) in [7, 11) is 0. The second kappa shape index (κ2) is 8.65. The zero-order chi connectivity index (χ0) is 28.4. The molecule has 4 aliphatic carbocycles. The van der Waals surface area contributed by atoms with Crippen LogP contribution >= 0.6 is 0 Å². The molecule has 8 heteroatoms. The van der Waals surface area contributed by atoms with E-state index in [2.05, 4.69) is 20.3 Å². The molecular weight excluding hydrogens is 540 g/mol. The minimum atomic E-state index is -4.36. The summed E-state index contributed by atoms with van der Waals surface area (Å²) in [6.45, 7) is 0. The highest BCUT2D eigenvalue weighted by Gasteiger charge is 2.63. The number of nitrogens with one attached hydrogen (secondary N) is 2. The van der Waals surface area contributed by atoms with Crippen LogP contribution in [0, 0.1) is 17.8 Å². The van der Waals surface area contributed by atoms with Gasteiger partial charge in [-0.05, 0) is 90.7 Å². The summed E-state index contributed by atoms with van der Waals surface area (Å²) in [5.74, 6) is -5.54. The number of alkyl halides is 4. The molecule has 0 spiro atoms. The highest BCUT2D eigenvalue weighted by atomic mass is 19.3. The number of hydrogen-bond acceptors (Lipinski definition) is 3. The maximum Gasteiger partial charge on any atom is 0.340 e. The van der Waals surface area contributed by atoms with Gasteiger partial charge in [-0.1, -0.05) is 30.7 Å². The van der Waals surface area contributed by atoms with Crippen molar-refractivity contribution in [2.24, 2.45) is 22.7 Å². The first-order valence-electron chi connectivity index (χ1n) is 15.4. The summed E-state index contributed by atoms with van der Waals surface area (Å²) in [6, 6.07) is 9.87. The summed E-state index contributed by atoms with van der Waals surface area (Å²) in [4.78, 5) is 12.6. The standard InChI is InChI=1S/C34H32F4N4/c35-33(36)27-12-18(22-14-29(39-15-22)31-21-3-6-23(11-21)41-31)4-7-24(27)25-8-5-20(13-28(25)34(33,37)38)30-16-40-32(42-30)26-10-17-1-2-19(26)9-17/h4-5,7-8,12-13,15-17,19,21,23,26,31,41H,1-3,6,9-11,14H2,(H,40,42)/t17-,19+,21+,23-,26+,31+/m1/s1. The minimum absolute atomic E-state index is 0.146. The lowest BCUT2D eigenvalue weighted by molar-refractivity contribution is -0.225. The lowest BCUT2D eigenvalue weighted by Gasteiger charge is -2.35. The number of allylic oxidation sites excluding steroid dienone is 1. The van der Waals surface area contributed by atoms with Crippen molar-refractivity contribution in [3.63, 3.8) is 0 Å². The summed E-state index contributed by atoms with van der Waals surface area (Å²) < 4.78 is 63.0. The first-order valence-corrected chi connectivity index (χ1v) is 15.4. The zero-order valence-corrected chi connectivity index (χ0v) is 23.1. The van der Waals surface area contributed by atoms with Crippen LogP contribution in [0.25, 0.3) is 28.0 Å². The topological polar surface area (TPSA) is 53.1 Å². The molecule has 4 nitrogen and oxygen atoms in total. The van der Waals surface area contributed by atoms with E-state index in [4.69, 9.17) is 0 Å². The number of benzene rings is 2. The van der Waals surface area contributed by atoms with Gasteiger partial charge in [-0.25, -0.2) is 4.98 Å². The molecule has 3 saturated carbocycles. The molecule has 216 valence electrons. The molecule has 9 rings (SSSR count). The number of piperidine rings is 1. The Balaban J connectivity index is 1.03. The lowest BCUT2D eigenvalue weighted by Crippen LogP contribution is -2.41. The van der Waals surface area contributed by atoms with E-state index in [0.717, 1.165) is 35.9 Å². The molecule has 2 N–H and O–H groups in total. The summed E-state index contributed by atoms with van der Waals surface area (Å²) in [6.07, 6.45) is 12.3. The van der Waals surface area contributed by atoms with E-state index in [0.29, 0.717) is 47.0 Å². The quantitative estimate of drug-likeness (QED) is 0.310. The van der Waals surface area contributed by atoms with Crippen LogP contribution in [0.5, 0.6) is 0 Å². The van der Waals surface area contributed by atoms with Gasteiger partial charge in [0.25, 0.3) is 0 Å². The molecule has 42 heavy (non-hydrogen) atoms. The molecule has 4 fully saturated rings. The van der Waals surface area contributed by atoms with E-state index in [1.54, 1.807) is 36.7 Å². The molecule has 6 atom stereocenters. The van der Waals surface area contributed by atoms with Crippen LogP contribution in [0.3, 0.4) is 0 Å². The third kappa shape index (κ3) is 3.50. The molecular formula is C34H32F4N4. The van der Waals surface area contributed by atoms with Crippen molar-refractivity contribution in [1.29, 1.82) is 0 Å². The van der Waals surface area contributed by atoms with E-state index >= 15 is 17.6 Å². The zero-order valence-electron chi connectivity index (χ0n) is 23.1. The number of imidazole rings is 1. The summed E-state index contributed by atoms with van der Waals surface area (Å²) in [5.41, 5.74) is 2.40. The molecule has 4 bridgehead atoms. The fraction of sp³-hybridized carbons (Fsp3) is 0.471. The third-order valence-electron chi connectivity index (χ3n) is 11.2. The third-order valence-corrected chi connectivity index (χ3v) is 11.2. The SMILES string of the molecule is FC1(F)c2cc(C3=CN=C([C@H]4N[C@@H]5CC[C@H]4C5)C3)ccc2-c2ccc(-c3cnc([C@H]4C[C@@H]5CC[C@H]4C5)[nH]3)cc2C1(F)F. The molecule has 2 aliphatic heterocycles. The van der Waals surface area contributed by atoms with Crippen molar-refractivity contribution in [2.45, 2.75) is 81.2 Å². The Labute approximate surface area is 241 Å². The predicted molar refractivity (Wildman–Crippen MR) is 154 cm³/mol. The van der Waals surface area contributed by atoms with E-state index in [1.807, 2.05) is 0 Å². The second-order valence-corrected chi connectivity index (χ2v) is 13.5. The average molecular weight is 573 g/mol. The van der Waals surface area contributed by atoms with Crippen molar-refractivity contribution >= 4 is 11.3 Å². The van der Waals surface area contributed by atoms with Crippen LogP contribution in [0.15, 0.2) is 53.8 Å². The summed E-state index contributed by atoms with van der Waals surface area (Å²) >= 11 is 0. The van der Waals surface area contributed by atoms with Gasteiger partial charge in [-0.3, -0.25) is 4.99 Å². The fourth-order valence-electron chi connectivity index (χ4n) is 9.08. The van der Waals surface area contributed by atoms with Crippen LogP contribution in [-0.4, -0.2) is 27.8 Å². The number of aliphatic imine (C=N–C) groups is 1. The molecule has 0 unspecified atom stereocenters. The largest absolute Gasteiger partial charge is 0.342 e. The minimum Gasteiger partial charge on any atom is -0.342 e. The van der Waals surface area contributed by atoms with Gasteiger partial charge in [0, 0.05) is 53.0 Å². The number of aromatic nitrogens is 2. The highest BCUT2D eigenvalue weighted by Crippen LogP contribution is 2.59. The van der Waals surface area contributed by atoms with Crippen LogP contribution < -0.4 is 5.32 Å². The van der Waals surface area contributed by atoms with E-state index in [1.165, 1.54) is 44.2 Å². The summed E-state index contributed by atoms with van der Waals surface area (Å²) in [5, 5.41) is 3.64. The van der Waals surface area contributed by atoms with Crippen LogP contribution in [-0.2, 0) is 11.8 Å². The molecule has 0 amide bonds. The Hall–Kier alpha value is -3.26. The van der Waals surface area contributed by atoms with Crippen molar-refractivity contribution in [1.82, 2.24) is 15.3 Å². The maximum absolute atomic E-state index is 15.7. The van der Waals surface area contributed by atoms with Gasteiger partial charge in [0.2, 0.25) is 0 Å². The number of hydrogen-bond donors (Lipinski definition) is 2. The molecule has 1 aromatic heterocycles. The highest BCUT2D eigenvalue weighted by molar-refractivity contribution is 6.02. The van der Waals surface area contributed by atoms with E-state index in [-0.39, 0.29) is 17.2 Å². The Morgan fingerprint density at radius 2 is 1.52 bits per heavy atom. The Morgan fingerprint density at radius 1 is 0.786 bits per heavy atom. The fourth-order valence-corrected chi connectivity index (χ4v) is 9.08. The van der Waals surface area contributed by atoms with E-state index in [9.17, 15) is 0 Å². The number of halogens is 4. The smallest absolute Gasteiger partial charge is 0.340 e. The number of aromatic amines is 1. The Kier molecular flexibility index (Phi) is 5.20. The van der Waals surface area contributed by atoms with Gasteiger partial charge in [-0.15, -0.1) is 0 Å². The van der Waals surface area contributed by atoms with Crippen molar-refractivity contribution in [3.05, 3.63) is 71.3 Å². The molecule has 2 aromatic carbocycles. The lowest BCUT2D eigenvalue weighted by atomic mass is 9.78. The van der Waals surface area contributed by atoms with E-state index < -0.39 is 23.0 Å². The van der Waals surface area contributed by atoms with Gasteiger partial charge in [0.05, 0.1) is 11.9 Å². The first kappa shape index (κ1) is 25.3. The number of H-pyrrole nitrogens is 1. The second-order valence-electron chi connectivity index (χ2n) is 13.5. The normalized spacial score (nSPS) is 33.0. The number of nitrogens with zero attached hydrogens (tertiary/aromatic N) is 2. The monoisotopic (exact) mass is 572 g/mol. The number of fused-ring (bicyclic) bond motifs is 7. The molecule has 3 aromatic rings. The average Bonchev–Trinajstić information content (AvgIpc) is 3.85. The Morgan fingerprint density at radius 3 is 2.19 bits per heavy atom. The predicted octanol–water partition coefficient (Wildman–Crippen LogP) is 8.17. The Bertz CT molecular complexity index is 1690. The van der Waals surface area contributed by atoms with Crippen molar-refractivity contribution in [2.75, 3.05) is 0 Å². The molecule has 0 radical (unpaired) electrons. The van der Waals surface area contributed by atoms with Crippen LogP contribution in [0.4, 0.5) is 17.6 Å². The molecule has 3 heterocycles. The van der Waals surface area contributed by atoms with Crippen LogP contribution in [0.1, 0.15) is 79.8 Å². The van der Waals surface area contributed by atoms with Crippen molar-refractivity contribution < 1.29 is 17.6 Å². The first-order chi connectivity index (χ1) is 20.3.